The first-order valence-electron chi connectivity index (χ1n) is 13.2. The Labute approximate surface area is 231 Å². The van der Waals surface area contributed by atoms with E-state index in [0.717, 1.165) is 36.3 Å². The summed E-state index contributed by atoms with van der Waals surface area (Å²) in [6.45, 7) is 0.721. The van der Waals surface area contributed by atoms with Crippen molar-refractivity contribution in [2.45, 2.75) is 37.5 Å². The largest absolute Gasteiger partial charge is 0.454 e. The molecule has 0 spiro atoms. The van der Waals surface area contributed by atoms with Crippen LogP contribution in [0.3, 0.4) is 0 Å². The molecule has 1 aromatic heterocycles. The zero-order valence-electron chi connectivity index (χ0n) is 21.4. The summed E-state index contributed by atoms with van der Waals surface area (Å²) in [6, 6.07) is 25.9. The minimum atomic E-state index is -0.312. The second-order valence-electron chi connectivity index (χ2n) is 9.75. The van der Waals surface area contributed by atoms with Crippen molar-refractivity contribution in [3.8, 4) is 11.5 Å². The molecule has 8 heteroatoms. The predicted molar refractivity (Wildman–Crippen MR) is 151 cm³/mol. The van der Waals surface area contributed by atoms with E-state index in [1.165, 1.54) is 22.5 Å². The summed E-state index contributed by atoms with van der Waals surface area (Å²) in [4.78, 5) is 31.9. The molecule has 198 valence electrons. The lowest BCUT2D eigenvalue weighted by Crippen LogP contribution is -2.32. The van der Waals surface area contributed by atoms with Gasteiger partial charge in [-0.25, -0.2) is 4.98 Å². The van der Waals surface area contributed by atoms with Crippen molar-refractivity contribution in [1.82, 2.24) is 10.3 Å². The van der Waals surface area contributed by atoms with Crippen LogP contribution in [-0.4, -0.2) is 30.1 Å². The zero-order valence-corrected chi connectivity index (χ0v) is 22.2. The van der Waals surface area contributed by atoms with Gasteiger partial charge in [0, 0.05) is 22.9 Å². The molecule has 6 rings (SSSR count). The van der Waals surface area contributed by atoms with E-state index >= 15 is 0 Å². The number of nitrogens with zero attached hydrogens (tertiary/aromatic N) is 1. The second kappa shape index (κ2) is 11.3. The van der Waals surface area contributed by atoms with Gasteiger partial charge in [-0.15, -0.1) is 11.3 Å². The van der Waals surface area contributed by atoms with Crippen LogP contribution in [0.1, 0.15) is 63.2 Å². The topological polar surface area (TPSA) is 89.6 Å². The number of carbonyl (C=O) groups is 2. The Balaban J connectivity index is 1.11. The number of aromatic nitrogens is 1. The number of benzene rings is 3. The van der Waals surface area contributed by atoms with Crippen molar-refractivity contribution >= 4 is 28.3 Å². The summed E-state index contributed by atoms with van der Waals surface area (Å²) in [5.41, 5.74) is 3.72. The molecule has 0 bridgehead atoms. The van der Waals surface area contributed by atoms with Gasteiger partial charge in [0.1, 0.15) is 0 Å². The SMILES string of the molecule is O=C(Nc1nc2c(s1)CCCC2C(=O)NCCC(c1ccccc1)c1ccccc1)c1ccc2c(c1)OCO2. The van der Waals surface area contributed by atoms with Gasteiger partial charge in [0.2, 0.25) is 12.7 Å². The van der Waals surface area contributed by atoms with Crippen LogP contribution >= 0.6 is 11.3 Å². The average molecular weight is 540 g/mol. The highest BCUT2D eigenvalue weighted by atomic mass is 32.1. The normalized spacial score (nSPS) is 15.6. The van der Waals surface area contributed by atoms with Crippen LogP contribution in [-0.2, 0) is 11.2 Å². The predicted octanol–water partition coefficient (Wildman–Crippen LogP) is 5.88. The fourth-order valence-electron chi connectivity index (χ4n) is 5.29. The maximum Gasteiger partial charge on any atom is 0.257 e. The molecule has 1 unspecified atom stereocenters. The molecule has 2 heterocycles. The highest BCUT2D eigenvalue weighted by Gasteiger charge is 2.31. The van der Waals surface area contributed by atoms with E-state index in [1.54, 1.807) is 18.2 Å². The van der Waals surface area contributed by atoms with Crippen LogP contribution < -0.4 is 20.1 Å². The van der Waals surface area contributed by atoms with E-state index in [4.69, 9.17) is 14.5 Å². The second-order valence-corrected chi connectivity index (χ2v) is 10.8. The van der Waals surface area contributed by atoms with Crippen molar-refractivity contribution in [3.05, 3.63) is 106 Å². The van der Waals surface area contributed by atoms with Crippen LogP contribution in [0.4, 0.5) is 5.13 Å². The van der Waals surface area contributed by atoms with E-state index in [0.29, 0.717) is 28.7 Å². The highest BCUT2D eigenvalue weighted by Crippen LogP contribution is 2.38. The Bertz CT molecular complexity index is 1430. The zero-order chi connectivity index (χ0) is 26.6. The van der Waals surface area contributed by atoms with Crippen molar-refractivity contribution in [3.63, 3.8) is 0 Å². The van der Waals surface area contributed by atoms with E-state index in [2.05, 4.69) is 59.2 Å². The summed E-state index contributed by atoms with van der Waals surface area (Å²) < 4.78 is 10.7. The summed E-state index contributed by atoms with van der Waals surface area (Å²) in [5.74, 6) is 0.798. The third-order valence-electron chi connectivity index (χ3n) is 7.26. The van der Waals surface area contributed by atoms with Crippen molar-refractivity contribution in [2.24, 2.45) is 0 Å². The Kier molecular flexibility index (Phi) is 7.27. The number of aryl methyl sites for hydroxylation is 1. The van der Waals surface area contributed by atoms with Gasteiger partial charge in [0.05, 0.1) is 11.6 Å². The van der Waals surface area contributed by atoms with Gasteiger partial charge in [-0.05, 0) is 55.0 Å². The number of nitrogens with one attached hydrogen (secondary N) is 2. The number of fused-ring (bicyclic) bond motifs is 2. The third kappa shape index (κ3) is 5.52. The van der Waals surface area contributed by atoms with Gasteiger partial charge >= 0.3 is 0 Å². The molecular formula is C31H29N3O4S. The lowest BCUT2D eigenvalue weighted by atomic mass is 9.88. The van der Waals surface area contributed by atoms with Gasteiger partial charge in [-0.3, -0.25) is 14.9 Å². The molecule has 39 heavy (non-hydrogen) atoms. The number of carbonyl (C=O) groups excluding carboxylic acids is 2. The molecule has 2 aliphatic rings. The molecule has 7 nitrogen and oxygen atoms in total. The number of hydrogen-bond acceptors (Lipinski definition) is 6. The summed E-state index contributed by atoms with van der Waals surface area (Å²) >= 11 is 1.45. The van der Waals surface area contributed by atoms with Gasteiger partial charge in [-0.2, -0.15) is 0 Å². The van der Waals surface area contributed by atoms with Gasteiger partial charge in [0.15, 0.2) is 16.6 Å². The molecule has 1 atom stereocenters. The van der Waals surface area contributed by atoms with E-state index < -0.39 is 0 Å². The van der Waals surface area contributed by atoms with Crippen LogP contribution in [0.25, 0.3) is 0 Å². The minimum absolute atomic E-state index is 0.00484. The molecule has 1 aliphatic carbocycles. The minimum Gasteiger partial charge on any atom is -0.454 e. The number of rotatable bonds is 8. The monoisotopic (exact) mass is 539 g/mol. The molecule has 1 aliphatic heterocycles. The molecule has 0 radical (unpaired) electrons. The fraction of sp³-hybridized carbons (Fsp3) is 0.258. The first kappa shape index (κ1) is 25.1. The number of ether oxygens (including phenoxy) is 2. The molecule has 4 aromatic rings. The maximum atomic E-state index is 13.3. The third-order valence-corrected chi connectivity index (χ3v) is 8.31. The number of anilines is 1. The summed E-state index contributed by atoms with van der Waals surface area (Å²) in [5, 5.41) is 6.59. The molecule has 0 fully saturated rings. The molecule has 2 amide bonds. The summed E-state index contributed by atoms with van der Waals surface area (Å²) in [6.07, 6.45) is 3.33. The molecular weight excluding hydrogens is 510 g/mol. The van der Waals surface area contributed by atoms with Crippen molar-refractivity contribution in [1.29, 1.82) is 0 Å². The number of thiazole rings is 1. The molecule has 3 aromatic carbocycles. The van der Waals surface area contributed by atoms with Crippen LogP contribution in [0, 0.1) is 0 Å². The quantitative estimate of drug-likeness (QED) is 0.292. The van der Waals surface area contributed by atoms with Crippen LogP contribution in [0.5, 0.6) is 11.5 Å². The van der Waals surface area contributed by atoms with Crippen molar-refractivity contribution < 1.29 is 19.1 Å². The Morgan fingerprint density at radius 2 is 1.67 bits per heavy atom. The Hall–Kier alpha value is -4.17. The van der Waals surface area contributed by atoms with Gasteiger partial charge in [0.25, 0.3) is 5.91 Å². The lowest BCUT2D eigenvalue weighted by Gasteiger charge is -2.22. The average Bonchev–Trinajstić information content (AvgIpc) is 3.62. The van der Waals surface area contributed by atoms with E-state index in [-0.39, 0.29) is 30.4 Å². The fourth-order valence-corrected chi connectivity index (χ4v) is 6.35. The highest BCUT2D eigenvalue weighted by molar-refractivity contribution is 7.16. The smallest absolute Gasteiger partial charge is 0.257 e. The number of amides is 2. The van der Waals surface area contributed by atoms with Gasteiger partial charge < -0.3 is 14.8 Å². The Morgan fingerprint density at radius 1 is 0.949 bits per heavy atom. The first-order valence-corrected chi connectivity index (χ1v) is 14.1. The maximum absolute atomic E-state index is 13.3. The lowest BCUT2D eigenvalue weighted by molar-refractivity contribution is -0.122. The molecule has 0 saturated heterocycles. The first-order chi connectivity index (χ1) is 19.2. The summed E-state index contributed by atoms with van der Waals surface area (Å²) in [7, 11) is 0. The van der Waals surface area contributed by atoms with E-state index in [1.807, 2.05) is 12.1 Å². The van der Waals surface area contributed by atoms with Crippen molar-refractivity contribution in [2.75, 3.05) is 18.7 Å². The molecule has 0 saturated carbocycles. The van der Waals surface area contributed by atoms with Crippen LogP contribution in [0.2, 0.25) is 0 Å². The van der Waals surface area contributed by atoms with Gasteiger partial charge in [-0.1, -0.05) is 60.7 Å². The van der Waals surface area contributed by atoms with Crippen LogP contribution in [0.15, 0.2) is 78.9 Å². The number of hydrogen-bond donors (Lipinski definition) is 2. The standard InChI is InChI=1S/C31H29N3O4S/c35-29(22-14-15-25-26(18-22)38-19-37-25)34-31-33-28-24(12-7-13-27(28)39-31)30(36)32-17-16-23(20-8-3-1-4-9-20)21-10-5-2-6-11-21/h1-6,8-11,14-15,18,23-24H,7,12-13,16-17,19H2,(H,32,36)(H,33,34,35). The Morgan fingerprint density at radius 3 is 2.41 bits per heavy atom. The molecule has 2 N–H and O–H groups in total. The van der Waals surface area contributed by atoms with E-state index in [9.17, 15) is 9.59 Å².